The molecule has 4 aromatic carbocycles. The second-order valence-electron chi connectivity index (χ2n) is 12.2. The van der Waals surface area contributed by atoms with Gasteiger partial charge in [0.05, 0.1) is 15.3 Å². The molecule has 0 saturated carbocycles. The fourth-order valence-electron chi connectivity index (χ4n) is 6.36. The molecule has 222 valence electrons. The molecule has 0 aliphatic heterocycles. The summed E-state index contributed by atoms with van der Waals surface area (Å²) in [7, 11) is 0. The van der Waals surface area contributed by atoms with Gasteiger partial charge in [-0.05, 0) is 70.9 Å². The molecule has 2 N–H and O–H groups in total. The summed E-state index contributed by atoms with van der Waals surface area (Å²) < 4.78 is 0. The summed E-state index contributed by atoms with van der Waals surface area (Å²) in [5.41, 5.74) is 3.42. The zero-order valence-electron chi connectivity index (χ0n) is 24.8. The molecule has 0 fully saturated rings. The Balaban J connectivity index is 1.94. The van der Waals surface area contributed by atoms with Gasteiger partial charge in [0.15, 0.2) is 11.5 Å². The Hall–Kier alpha value is -4.72. The maximum atomic E-state index is 12.3. The van der Waals surface area contributed by atoms with E-state index in [0.717, 1.165) is 22.3 Å². The number of hydrogen-bond donors (Lipinski definition) is 2. The second-order valence-corrected chi connectivity index (χ2v) is 12.2. The van der Waals surface area contributed by atoms with Crippen molar-refractivity contribution in [1.82, 2.24) is 0 Å². The third kappa shape index (κ3) is 5.11. The van der Waals surface area contributed by atoms with Gasteiger partial charge in [-0.3, -0.25) is 20.2 Å². The largest absolute Gasteiger partial charge is 0.502 e. The number of aromatic hydroxyl groups is 2. The Labute approximate surface area is 251 Å². The van der Waals surface area contributed by atoms with Gasteiger partial charge < -0.3 is 10.2 Å². The third-order valence-corrected chi connectivity index (χ3v) is 8.53. The van der Waals surface area contributed by atoms with Gasteiger partial charge in [-0.2, -0.15) is 0 Å². The molecule has 0 heterocycles. The van der Waals surface area contributed by atoms with Crippen molar-refractivity contribution in [3.63, 3.8) is 0 Å². The van der Waals surface area contributed by atoms with Crippen LogP contribution in [-0.4, -0.2) is 20.1 Å². The van der Waals surface area contributed by atoms with Gasteiger partial charge in [-0.15, -0.1) is 0 Å². The monoisotopic (exact) mass is 580 g/mol. The Morgan fingerprint density at radius 1 is 0.651 bits per heavy atom. The van der Waals surface area contributed by atoms with Crippen molar-refractivity contribution in [2.45, 2.75) is 58.8 Å². The molecule has 0 amide bonds. The van der Waals surface area contributed by atoms with Crippen LogP contribution >= 0.6 is 0 Å². The molecule has 0 bridgehead atoms. The SMILES string of the molecule is CC(C)CCc1cc(C2(c3cc(CCC(C)C)c(O)c([N+](=O)[O-])c3)c3ccccc3-c3ccccc32)cc([N+](=O)[O-])c1O. The first-order chi connectivity index (χ1) is 20.5. The fraction of sp³-hybridized carbons (Fsp3) is 0.314. The lowest BCUT2D eigenvalue weighted by Gasteiger charge is -2.34. The lowest BCUT2D eigenvalue weighted by molar-refractivity contribution is -0.386. The Morgan fingerprint density at radius 3 is 1.37 bits per heavy atom. The summed E-state index contributed by atoms with van der Waals surface area (Å²) in [6, 6.07) is 21.9. The zero-order valence-corrected chi connectivity index (χ0v) is 24.8. The normalized spacial score (nSPS) is 13.3. The van der Waals surface area contributed by atoms with Crippen LogP contribution in [0.4, 0.5) is 11.4 Å². The van der Waals surface area contributed by atoms with E-state index in [9.17, 15) is 30.4 Å². The number of phenols is 2. The van der Waals surface area contributed by atoms with Gasteiger partial charge in [-0.25, -0.2) is 0 Å². The van der Waals surface area contributed by atoms with E-state index in [1.807, 2.05) is 60.7 Å². The van der Waals surface area contributed by atoms with Gasteiger partial charge >= 0.3 is 11.4 Å². The summed E-state index contributed by atoms with van der Waals surface area (Å²) in [6.07, 6.45) is 2.26. The first-order valence-electron chi connectivity index (χ1n) is 14.7. The zero-order chi connectivity index (χ0) is 31.1. The minimum atomic E-state index is -1.19. The van der Waals surface area contributed by atoms with Crippen LogP contribution in [0.5, 0.6) is 11.5 Å². The summed E-state index contributed by atoms with van der Waals surface area (Å²) in [5, 5.41) is 46.7. The maximum absolute atomic E-state index is 12.3. The van der Waals surface area contributed by atoms with Crippen LogP contribution in [-0.2, 0) is 18.3 Å². The van der Waals surface area contributed by atoms with Crippen LogP contribution in [0, 0.1) is 32.1 Å². The predicted molar refractivity (Wildman–Crippen MR) is 167 cm³/mol. The molecular weight excluding hydrogens is 544 g/mol. The van der Waals surface area contributed by atoms with E-state index in [4.69, 9.17) is 0 Å². The van der Waals surface area contributed by atoms with E-state index in [2.05, 4.69) is 27.7 Å². The highest BCUT2D eigenvalue weighted by molar-refractivity contribution is 5.87. The number of nitro benzene ring substituents is 2. The van der Waals surface area contributed by atoms with Gasteiger partial charge in [0.1, 0.15) is 0 Å². The second kappa shape index (κ2) is 11.5. The molecule has 1 aliphatic carbocycles. The fourth-order valence-corrected chi connectivity index (χ4v) is 6.36. The van der Waals surface area contributed by atoms with E-state index in [1.165, 1.54) is 12.1 Å². The molecule has 0 spiro atoms. The molecule has 0 unspecified atom stereocenters. The van der Waals surface area contributed by atoms with Crippen LogP contribution in [0.3, 0.4) is 0 Å². The topological polar surface area (TPSA) is 127 Å². The van der Waals surface area contributed by atoms with E-state index in [-0.39, 0.29) is 11.5 Å². The Morgan fingerprint density at radius 2 is 1.02 bits per heavy atom. The minimum absolute atomic E-state index is 0.298. The lowest BCUT2D eigenvalue weighted by atomic mass is 9.66. The standard InChI is InChI=1S/C35H36N2O6/c1-21(2)13-15-23-17-25(19-31(33(23)38)36(40)41)35(29-11-7-5-9-27(29)28-10-6-8-12-30(28)35)26-18-24(16-14-22(3)4)34(39)32(20-26)37(42)43/h5-12,17-22,38-39H,13-16H2,1-4H3. The van der Waals surface area contributed by atoms with Crippen LogP contribution in [0.2, 0.25) is 0 Å². The van der Waals surface area contributed by atoms with E-state index in [0.29, 0.717) is 59.8 Å². The van der Waals surface area contributed by atoms with Gasteiger partial charge in [0, 0.05) is 23.3 Å². The number of hydrogen-bond acceptors (Lipinski definition) is 6. The predicted octanol–water partition coefficient (Wildman–Crippen LogP) is 8.45. The van der Waals surface area contributed by atoms with Crippen molar-refractivity contribution < 1.29 is 20.1 Å². The van der Waals surface area contributed by atoms with Crippen molar-refractivity contribution >= 4 is 11.4 Å². The molecule has 0 saturated heterocycles. The first-order valence-corrected chi connectivity index (χ1v) is 14.7. The van der Waals surface area contributed by atoms with Crippen molar-refractivity contribution in [2.24, 2.45) is 11.8 Å². The average Bonchev–Trinajstić information content (AvgIpc) is 3.27. The summed E-state index contributed by atoms with van der Waals surface area (Å²) in [4.78, 5) is 23.5. The van der Waals surface area contributed by atoms with Gasteiger partial charge in [0.2, 0.25) is 0 Å². The van der Waals surface area contributed by atoms with E-state index >= 15 is 0 Å². The number of benzene rings is 4. The smallest absolute Gasteiger partial charge is 0.311 e. The van der Waals surface area contributed by atoms with Crippen molar-refractivity contribution in [3.05, 3.63) is 126 Å². The molecule has 8 heteroatoms. The molecule has 4 aromatic rings. The molecule has 0 radical (unpaired) electrons. The quantitative estimate of drug-likeness (QED) is 0.126. The number of aryl methyl sites for hydroxylation is 2. The molecule has 0 atom stereocenters. The van der Waals surface area contributed by atoms with Crippen molar-refractivity contribution in [1.29, 1.82) is 0 Å². The van der Waals surface area contributed by atoms with Crippen LogP contribution in [0.25, 0.3) is 11.1 Å². The number of phenolic OH excluding ortho intramolecular Hbond substituents is 2. The average molecular weight is 581 g/mol. The number of rotatable bonds is 10. The summed E-state index contributed by atoms with van der Waals surface area (Å²) >= 11 is 0. The first kappa shape index (κ1) is 29.8. The van der Waals surface area contributed by atoms with Crippen molar-refractivity contribution in [2.75, 3.05) is 0 Å². The Kier molecular flexibility index (Phi) is 7.97. The third-order valence-electron chi connectivity index (χ3n) is 8.53. The summed E-state index contributed by atoms with van der Waals surface area (Å²) in [5.74, 6) is -0.128. The van der Waals surface area contributed by atoms with Crippen LogP contribution in [0.15, 0.2) is 72.8 Å². The molecule has 43 heavy (non-hydrogen) atoms. The number of nitrogens with zero attached hydrogens (tertiary/aromatic N) is 2. The molecule has 5 rings (SSSR count). The highest BCUT2D eigenvalue weighted by Crippen LogP contribution is 2.58. The van der Waals surface area contributed by atoms with Crippen LogP contribution in [0.1, 0.15) is 73.9 Å². The molecule has 1 aliphatic rings. The van der Waals surface area contributed by atoms with Gasteiger partial charge in [0.25, 0.3) is 0 Å². The Bertz CT molecular complexity index is 1600. The van der Waals surface area contributed by atoms with Crippen LogP contribution < -0.4 is 0 Å². The maximum Gasteiger partial charge on any atom is 0.311 e. The van der Waals surface area contributed by atoms with E-state index < -0.39 is 26.6 Å². The van der Waals surface area contributed by atoms with Crippen molar-refractivity contribution in [3.8, 4) is 22.6 Å². The highest BCUT2D eigenvalue weighted by Gasteiger charge is 2.48. The number of fused-ring (bicyclic) bond motifs is 3. The lowest BCUT2D eigenvalue weighted by Crippen LogP contribution is -2.29. The van der Waals surface area contributed by atoms with Gasteiger partial charge in [-0.1, -0.05) is 88.4 Å². The highest BCUT2D eigenvalue weighted by atomic mass is 16.6. The van der Waals surface area contributed by atoms with E-state index in [1.54, 1.807) is 0 Å². The molecule has 8 nitrogen and oxygen atoms in total. The summed E-state index contributed by atoms with van der Waals surface area (Å²) in [6.45, 7) is 8.20. The molecule has 0 aromatic heterocycles. The number of nitro groups is 2. The minimum Gasteiger partial charge on any atom is -0.502 e. The molecular formula is C35H36N2O6.